The predicted molar refractivity (Wildman–Crippen MR) is 45.9 cm³/mol. The summed E-state index contributed by atoms with van der Waals surface area (Å²) >= 11 is 0. The zero-order chi connectivity index (χ0) is 9.14. The van der Waals surface area contributed by atoms with Gasteiger partial charge in [0.2, 0.25) is 0 Å². The molecule has 0 saturated carbocycles. The number of hydrogen-bond donors (Lipinski definition) is 1. The van der Waals surface area contributed by atoms with Gasteiger partial charge in [0, 0.05) is 5.69 Å². The lowest BCUT2D eigenvalue weighted by molar-refractivity contribution is 1.02. The van der Waals surface area contributed by atoms with Crippen LogP contribution >= 0.6 is 0 Å². The first kappa shape index (κ1) is 8.54. The quantitative estimate of drug-likeness (QED) is 0.672. The maximum atomic E-state index is 11.1. The number of nitriles is 1. The van der Waals surface area contributed by atoms with Crippen LogP contribution in [0.2, 0.25) is 0 Å². The van der Waals surface area contributed by atoms with Crippen LogP contribution in [-0.4, -0.2) is 4.98 Å². The minimum atomic E-state index is -0.299. The Labute approximate surface area is 70.7 Å². The lowest BCUT2D eigenvalue weighted by Gasteiger charge is -2.01. The molecule has 12 heavy (non-hydrogen) atoms. The molecule has 0 radical (unpaired) electrons. The Kier molecular flexibility index (Phi) is 2.29. The van der Waals surface area contributed by atoms with E-state index >= 15 is 0 Å². The third-order valence-electron chi connectivity index (χ3n) is 1.85. The van der Waals surface area contributed by atoms with E-state index in [1.807, 2.05) is 19.9 Å². The largest absolute Gasteiger partial charge is 0.325 e. The summed E-state index contributed by atoms with van der Waals surface area (Å²) in [6.45, 7) is 3.82. The zero-order valence-corrected chi connectivity index (χ0v) is 7.14. The smallest absolute Gasteiger partial charge is 0.266 e. The highest BCUT2D eigenvalue weighted by Gasteiger charge is 2.02. The lowest BCUT2D eigenvalue weighted by atomic mass is 10.1. The van der Waals surface area contributed by atoms with Gasteiger partial charge in [-0.1, -0.05) is 6.92 Å². The summed E-state index contributed by atoms with van der Waals surface area (Å²) in [5, 5.41) is 8.56. The van der Waals surface area contributed by atoms with Crippen molar-refractivity contribution in [3.05, 3.63) is 33.2 Å². The van der Waals surface area contributed by atoms with E-state index in [0.29, 0.717) is 0 Å². The molecule has 1 aromatic heterocycles. The maximum absolute atomic E-state index is 11.1. The highest BCUT2D eigenvalue weighted by molar-refractivity contribution is 5.32. The number of nitrogens with zero attached hydrogens (tertiary/aromatic N) is 1. The number of nitrogens with one attached hydrogen (secondary N) is 1. The van der Waals surface area contributed by atoms with Crippen LogP contribution in [-0.2, 0) is 6.42 Å². The minimum absolute atomic E-state index is 0.192. The Bertz CT molecular complexity index is 384. The fraction of sp³-hybridized carbons (Fsp3) is 0.333. The highest BCUT2D eigenvalue weighted by atomic mass is 16.1. The Hall–Kier alpha value is -1.56. The van der Waals surface area contributed by atoms with Gasteiger partial charge in [0.05, 0.1) is 0 Å². The maximum Gasteiger partial charge on any atom is 0.266 e. The van der Waals surface area contributed by atoms with E-state index in [9.17, 15) is 4.79 Å². The van der Waals surface area contributed by atoms with E-state index in [2.05, 4.69) is 4.98 Å². The molecule has 0 fully saturated rings. The van der Waals surface area contributed by atoms with Gasteiger partial charge in [-0.2, -0.15) is 5.26 Å². The number of aromatic nitrogens is 1. The summed E-state index contributed by atoms with van der Waals surface area (Å²) in [7, 11) is 0. The molecule has 0 saturated heterocycles. The van der Waals surface area contributed by atoms with Crippen LogP contribution in [0, 0.1) is 18.3 Å². The SMILES string of the molecule is CCc1cc(C#N)c(=O)[nH]c1C. The van der Waals surface area contributed by atoms with Gasteiger partial charge in [-0.15, -0.1) is 0 Å². The summed E-state index contributed by atoms with van der Waals surface area (Å²) in [4.78, 5) is 13.7. The van der Waals surface area contributed by atoms with Crippen LogP contribution in [0.15, 0.2) is 10.9 Å². The third-order valence-corrected chi connectivity index (χ3v) is 1.85. The Balaban J connectivity index is 3.40. The fourth-order valence-corrected chi connectivity index (χ4v) is 1.12. The normalized spacial score (nSPS) is 9.42. The second-order valence-electron chi connectivity index (χ2n) is 2.63. The van der Waals surface area contributed by atoms with Gasteiger partial charge in [0.25, 0.3) is 5.56 Å². The van der Waals surface area contributed by atoms with Gasteiger partial charge in [-0.05, 0) is 25.0 Å². The van der Waals surface area contributed by atoms with Gasteiger partial charge in [0.15, 0.2) is 0 Å². The van der Waals surface area contributed by atoms with Crippen molar-refractivity contribution in [2.45, 2.75) is 20.3 Å². The number of pyridine rings is 1. The van der Waals surface area contributed by atoms with Crippen LogP contribution in [0.25, 0.3) is 0 Å². The van der Waals surface area contributed by atoms with Crippen molar-refractivity contribution in [1.29, 1.82) is 5.26 Å². The first-order chi connectivity index (χ1) is 5.69. The molecule has 0 aliphatic rings. The van der Waals surface area contributed by atoms with Crippen LogP contribution in [0.5, 0.6) is 0 Å². The number of rotatable bonds is 1. The molecule has 1 rings (SSSR count). The van der Waals surface area contributed by atoms with Crippen molar-refractivity contribution < 1.29 is 0 Å². The van der Waals surface area contributed by atoms with Crippen LogP contribution in [0.3, 0.4) is 0 Å². The summed E-state index contributed by atoms with van der Waals surface area (Å²) in [5.74, 6) is 0. The van der Waals surface area contributed by atoms with Crippen molar-refractivity contribution in [2.75, 3.05) is 0 Å². The number of H-pyrrole nitrogens is 1. The molecule has 0 spiro atoms. The van der Waals surface area contributed by atoms with Gasteiger partial charge in [-0.25, -0.2) is 0 Å². The molecular formula is C9H10N2O. The molecule has 0 aliphatic heterocycles. The van der Waals surface area contributed by atoms with Crippen LogP contribution in [0.4, 0.5) is 0 Å². The lowest BCUT2D eigenvalue weighted by Crippen LogP contribution is -2.12. The standard InChI is InChI=1S/C9H10N2O/c1-3-7-4-8(5-10)9(12)11-6(7)2/h4H,3H2,1-2H3,(H,11,12). The van der Waals surface area contributed by atoms with Crippen molar-refractivity contribution >= 4 is 0 Å². The third kappa shape index (κ3) is 1.37. The molecule has 0 amide bonds. The van der Waals surface area contributed by atoms with Crippen molar-refractivity contribution in [3.63, 3.8) is 0 Å². The summed E-state index contributed by atoms with van der Waals surface area (Å²) < 4.78 is 0. The first-order valence-corrected chi connectivity index (χ1v) is 3.82. The molecule has 1 heterocycles. The number of aromatic amines is 1. The second-order valence-corrected chi connectivity index (χ2v) is 2.63. The first-order valence-electron chi connectivity index (χ1n) is 3.82. The van der Waals surface area contributed by atoms with E-state index in [1.54, 1.807) is 6.07 Å². The number of aryl methyl sites for hydroxylation is 2. The predicted octanol–water partition coefficient (Wildman–Crippen LogP) is 1.12. The number of hydrogen-bond acceptors (Lipinski definition) is 2. The van der Waals surface area contributed by atoms with Gasteiger partial charge in [0.1, 0.15) is 11.6 Å². The molecule has 3 heteroatoms. The molecular weight excluding hydrogens is 152 g/mol. The summed E-state index contributed by atoms with van der Waals surface area (Å²) in [6, 6.07) is 3.50. The molecule has 0 bridgehead atoms. The zero-order valence-electron chi connectivity index (χ0n) is 7.14. The van der Waals surface area contributed by atoms with Crippen molar-refractivity contribution in [2.24, 2.45) is 0 Å². The van der Waals surface area contributed by atoms with Gasteiger partial charge >= 0.3 is 0 Å². The Morgan fingerprint density at radius 3 is 2.83 bits per heavy atom. The summed E-state index contributed by atoms with van der Waals surface area (Å²) in [5.41, 5.74) is 1.76. The molecule has 62 valence electrons. The van der Waals surface area contributed by atoms with Crippen LogP contribution < -0.4 is 5.56 Å². The molecule has 0 atom stereocenters. The summed E-state index contributed by atoms with van der Waals surface area (Å²) in [6.07, 6.45) is 0.831. The molecule has 1 N–H and O–H groups in total. The average Bonchev–Trinajstić information content (AvgIpc) is 2.05. The van der Waals surface area contributed by atoms with E-state index < -0.39 is 0 Å². The second kappa shape index (κ2) is 3.22. The highest BCUT2D eigenvalue weighted by Crippen LogP contribution is 2.04. The van der Waals surface area contributed by atoms with Gasteiger partial charge < -0.3 is 4.98 Å². The molecule has 0 aromatic carbocycles. The molecule has 0 unspecified atom stereocenters. The topological polar surface area (TPSA) is 56.6 Å². The van der Waals surface area contributed by atoms with E-state index in [0.717, 1.165) is 17.7 Å². The molecule has 1 aromatic rings. The minimum Gasteiger partial charge on any atom is -0.325 e. The van der Waals surface area contributed by atoms with E-state index in [-0.39, 0.29) is 11.1 Å². The average molecular weight is 162 g/mol. The molecule has 0 aliphatic carbocycles. The Morgan fingerprint density at radius 1 is 1.67 bits per heavy atom. The monoisotopic (exact) mass is 162 g/mol. The fourth-order valence-electron chi connectivity index (χ4n) is 1.12. The Morgan fingerprint density at radius 2 is 2.33 bits per heavy atom. The van der Waals surface area contributed by atoms with Crippen LogP contribution in [0.1, 0.15) is 23.7 Å². The molecule has 3 nitrogen and oxygen atoms in total. The van der Waals surface area contributed by atoms with E-state index in [1.165, 1.54) is 0 Å². The van der Waals surface area contributed by atoms with Crippen molar-refractivity contribution in [3.8, 4) is 6.07 Å². The van der Waals surface area contributed by atoms with Crippen molar-refractivity contribution in [1.82, 2.24) is 4.98 Å². The van der Waals surface area contributed by atoms with Gasteiger partial charge in [-0.3, -0.25) is 4.79 Å². The van der Waals surface area contributed by atoms with E-state index in [4.69, 9.17) is 5.26 Å².